The predicted octanol–water partition coefficient (Wildman–Crippen LogP) is 5.37. The van der Waals surface area contributed by atoms with E-state index in [2.05, 4.69) is 15.3 Å². The molecule has 0 aliphatic heterocycles. The van der Waals surface area contributed by atoms with Crippen LogP contribution in [0.2, 0.25) is 0 Å². The van der Waals surface area contributed by atoms with Crippen LogP contribution in [0.3, 0.4) is 0 Å². The van der Waals surface area contributed by atoms with Gasteiger partial charge in [-0.25, -0.2) is 9.97 Å². The van der Waals surface area contributed by atoms with Crippen molar-refractivity contribution >= 4 is 28.8 Å². The average molecular weight is 447 g/mol. The van der Waals surface area contributed by atoms with E-state index in [0.29, 0.717) is 28.0 Å². The van der Waals surface area contributed by atoms with E-state index in [1.54, 1.807) is 0 Å². The molecule has 0 bridgehead atoms. The number of aromatic nitrogens is 2. The van der Waals surface area contributed by atoms with Gasteiger partial charge in [0.05, 0.1) is 11.3 Å². The van der Waals surface area contributed by atoms with Gasteiger partial charge in [0, 0.05) is 6.54 Å². The SMILES string of the molecule is Cc1cccc2oc(SCc3nc(C(=O)NCc4cccc(C(F)(F)F)c4)co3)nc12. The van der Waals surface area contributed by atoms with Crippen molar-refractivity contribution in [2.45, 2.75) is 30.6 Å². The number of fused-ring (bicyclic) bond motifs is 1. The third-order valence-electron chi connectivity index (χ3n) is 4.41. The fourth-order valence-electron chi connectivity index (χ4n) is 2.86. The fourth-order valence-corrected chi connectivity index (χ4v) is 3.55. The van der Waals surface area contributed by atoms with Crippen LogP contribution in [-0.2, 0) is 18.5 Å². The van der Waals surface area contributed by atoms with Crippen molar-refractivity contribution in [3.8, 4) is 0 Å². The quantitative estimate of drug-likeness (QED) is 0.401. The Morgan fingerprint density at radius 3 is 2.74 bits per heavy atom. The fraction of sp³-hybridized carbons (Fsp3) is 0.190. The molecule has 0 unspecified atom stereocenters. The van der Waals surface area contributed by atoms with Crippen LogP contribution in [0.5, 0.6) is 0 Å². The van der Waals surface area contributed by atoms with Gasteiger partial charge in [0.25, 0.3) is 11.1 Å². The van der Waals surface area contributed by atoms with Crippen LogP contribution in [0.4, 0.5) is 13.2 Å². The molecule has 0 atom stereocenters. The summed E-state index contributed by atoms with van der Waals surface area (Å²) >= 11 is 1.27. The molecular weight excluding hydrogens is 431 g/mol. The number of para-hydroxylation sites is 1. The number of aryl methyl sites for hydroxylation is 1. The Bertz CT molecular complexity index is 1230. The van der Waals surface area contributed by atoms with Crippen LogP contribution in [0.1, 0.15) is 33.1 Å². The molecule has 31 heavy (non-hydrogen) atoms. The summed E-state index contributed by atoms with van der Waals surface area (Å²) in [5, 5.41) is 3.00. The van der Waals surface area contributed by atoms with Crippen LogP contribution < -0.4 is 5.32 Å². The van der Waals surface area contributed by atoms with Gasteiger partial charge in [0.1, 0.15) is 11.8 Å². The van der Waals surface area contributed by atoms with Crippen LogP contribution in [0.25, 0.3) is 11.1 Å². The zero-order valence-electron chi connectivity index (χ0n) is 16.2. The van der Waals surface area contributed by atoms with E-state index >= 15 is 0 Å². The van der Waals surface area contributed by atoms with Gasteiger partial charge in [-0.3, -0.25) is 4.79 Å². The molecule has 2 aromatic carbocycles. The van der Waals surface area contributed by atoms with E-state index in [0.717, 1.165) is 23.2 Å². The lowest BCUT2D eigenvalue weighted by atomic mass is 10.1. The molecule has 2 heterocycles. The number of nitrogens with zero attached hydrogens (tertiary/aromatic N) is 2. The zero-order valence-corrected chi connectivity index (χ0v) is 17.0. The third kappa shape index (κ3) is 4.91. The average Bonchev–Trinajstić information content (AvgIpc) is 3.38. The smallest absolute Gasteiger partial charge is 0.416 e. The minimum Gasteiger partial charge on any atom is -0.447 e. The molecule has 1 N–H and O–H groups in total. The van der Waals surface area contributed by atoms with Crippen molar-refractivity contribution in [3.05, 3.63) is 77.0 Å². The summed E-state index contributed by atoms with van der Waals surface area (Å²) < 4.78 is 49.3. The molecule has 0 saturated heterocycles. The molecule has 1 amide bonds. The first kappa shape index (κ1) is 21.0. The number of amides is 1. The molecule has 6 nitrogen and oxygen atoms in total. The number of thioether (sulfide) groups is 1. The molecule has 0 fully saturated rings. The van der Waals surface area contributed by atoms with E-state index in [1.165, 1.54) is 30.2 Å². The first-order chi connectivity index (χ1) is 14.8. The van der Waals surface area contributed by atoms with E-state index in [4.69, 9.17) is 8.83 Å². The van der Waals surface area contributed by atoms with Gasteiger partial charge in [0.2, 0.25) is 5.89 Å². The number of alkyl halides is 3. The second-order valence-electron chi connectivity index (χ2n) is 6.70. The summed E-state index contributed by atoms with van der Waals surface area (Å²) in [6, 6.07) is 10.4. The molecule has 0 aliphatic rings. The van der Waals surface area contributed by atoms with Crippen LogP contribution >= 0.6 is 11.8 Å². The van der Waals surface area contributed by atoms with Gasteiger partial charge in [-0.15, -0.1) is 0 Å². The first-order valence-corrected chi connectivity index (χ1v) is 10.2. The van der Waals surface area contributed by atoms with E-state index < -0.39 is 17.6 Å². The number of oxazole rings is 2. The highest BCUT2D eigenvalue weighted by Crippen LogP contribution is 2.30. The highest BCUT2D eigenvalue weighted by atomic mass is 32.2. The summed E-state index contributed by atoms with van der Waals surface area (Å²) in [6.45, 7) is 1.87. The van der Waals surface area contributed by atoms with Gasteiger partial charge < -0.3 is 14.2 Å². The third-order valence-corrected chi connectivity index (χ3v) is 5.22. The van der Waals surface area contributed by atoms with Crippen molar-refractivity contribution in [2.75, 3.05) is 0 Å². The summed E-state index contributed by atoms with van der Waals surface area (Å²) in [6.07, 6.45) is -3.24. The number of hydrogen-bond acceptors (Lipinski definition) is 6. The van der Waals surface area contributed by atoms with E-state index in [9.17, 15) is 18.0 Å². The number of benzene rings is 2. The Morgan fingerprint density at radius 2 is 1.97 bits per heavy atom. The molecule has 0 aliphatic carbocycles. The molecule has 2 aromatic heterocycles. The number of nitrogens with one attached hydrogen (secondary N) is 1. The predicted molar refractivity (Wildman–Crippen MR) is 107 cm³/mol. The summed E-state index contributed by atoms with van der Waals surface area (Å²) in [4.78, 5) is 20.8. The van der Waals surface area contributed by atoms with Gasteiger partial charge in [0.15, 0.2) is 11.3 Å². The molecule has 4 rings (SSSR count). The number of carbonyl (C=O) groups excluding carboxylic acids is 1. The van der Waals surface area contributed by atoms with E-state index in [-0.39, 0.29) is 12.2 Å². The lowest BCUT2D eigenvalue weighted by Gasteiger charge is -2.09. The van der Waals surface area contributed by atoms with Gasteiger partial charge >= 0.3 is 6.18 Å². The lowest BCUT2D eigenvalue weighted by molar-refractivity contribution is -0.137. The Hall–Kier alpha value is -3.27. The minimum atomic E-state index is -4.44. The Balaban J connectivity index is 1.35. The maximum absolute atomic E-state index is 12.8. The van der Waals surface area contributed by atoms with Crippen molar-refractivity contribution in [2.24, 2.45) is 0 Å². The zero-order chi connectivity index (χ0) is 22.0. The van der Waals surface area contributed by atoms with Crippen molar-refractivity contribution < 1.29 is 26.8 Å². The normalized spacial score (nSPS) is 11.7. The Morgan fingerprint density at radius 1 is 1.16 bits per heavy atom. The molecular formula is C21H16F3N3O3S. The molecule has 0 spiro atoms. The monoisotopic (exact) mass is 447 g/mol. The lowest BCUT2D eigenvalue weighted by Crippen LogP contribution is -2.23. The van der Waals surface area contributed by atoms with E-state index in [1.807, 2.05) is 25.1 Å². The second-order valence-corrected chi connectivity index (χ2v) is 7.62. The number of rotatable bonds is 6. The maximum Gasteiger partial charge on any atom is 0.416 e. The standard InChI is InChI=1S/C21H16F3N3O3S/c1-12-4-2-7-16-18(12)27-20(30-16)31-11-17-26-15(10-29-17)19(28)25-9-13-5-3-6-14(8-13)21(22,23)24/h2-8,10H,9,11H2,1H3,(H,25,28). The molecule has 10 heteroatoms. The number of carbonyl (C=O) groups is 1. The Labute approximate surface area is 178 Å². The van der Waals surface area contributed by atoms with Gasteiger partial charge in [-0.1, -0.05) is 36.0 Å². The molecule has 0 saturated carbocycles. The number of halogens is 3. The number of hydrogen-bond donors (Lipinski definition) is 1. The second kappa shape index (κ2) is 8.46. The summed E-state index contributed by atoms with van der Waals surface area (Å²) in [5.41, 5.74) is 2.07. The maximum atomic E-state index is 12.8. The van der Waals surface area contributed by atoms with Crippen LogP contribution in [-0.4, -0.2) is 15.9 Å². The van der Waals surface area contributed by atoms with Crippen molar-refractivity contribution in [1.29, 1.82) is 0 Å². The minimum absolute atomic E-state index is 0.0379. The van der Waals surface area contributed by atoms with Crippen molar-refractivity contribution in [1.82, 2.24) is 15.3 Å². The molecule has 160 valence electrons. The van der Waals surface area contributed by atoms with Gasteiger partial charge in [-0.2, -0.15) is 13.2 Å². The topological polar surface area (TPSA) is 81.2 Å². The highest BCUT2D eigenvalue weighted by Gasteiger charge is 2.30. The molecule has 4 aromatic rings. The molecule has 0 radical (unpaired) electrons. The van der Waals surface area contributed by atoms with Crippen LogP contribution in [0.15, 0.2) is 62.8 Å². The van der Waals surface area contributed by atoms with Crippen LogP contribution in [0, 0.1) is 6.92 Å². The Kier molecular flexibility index (Phi) is 5.73. The van der Waals surface area contributed by atoms with Gasteiger partial charge in [-0.05, 0) is 36.2 Å². The first-order valence-electron chi connectivity index (χ1n) is 9.17. The highest BCUT2D eigenvalue weighted by molar-refractivity contribution is 7.98. The largest absolute Gasteiger partial charge is 0.447 e. The summed E-state index contributed by atoms with van der Waals surface area (Å²) in [7, 11) is 0. The van der Waals surface area contributed by atoms with Crippen molar-refractivity contribution in [3.63, 3.8) is 0 Å². The summed E-state index contributed by atoms with van der Waals surface area (Å²) in [5.74, 6) is 0.0513.